The van der Waals surface area contributed by atoms with E-state index in [1.165, 1.54) is 16.3 Å². The Labute approximate surface area is 235 Å². The number of halogens is 1. The number of likely N-dealkylation sites (N-methyl/N-ethyl adjacent to an activating group) is 1. The molecule has 2 aromatic rings. The van der Waals surface area contributed by atoms with Gasteiger partial charge in [0.25, 0.3) is 5.91 Å². The molecule has 1 fully saturated rings. The first-order chi connectivity index (χ1) is 18.6. The summed E-state index contributed by atoms with van der Waals surface area (Å²) in [7, 11) is 5.47. The lowest BCUT2D eigenvalue weighted by atomic mass is 9.81. The predicted octanol–water partition coefficient (Wildman–Crippen LogP) is 2.37. The fourth-order valence-electron chi connectivity index (χ4n) is 5.36. The van der Waals surface area contributed by atoms with E-state index in [2.05, 4.69) is 25.9 Å². The molecule has 3 atom stereocenters. The number of ketones is 1. The van der Waals surface area contributed by atoms with Gasteiger partial charge in [0, 0.05) is 55.0 Å². The first-order valence-electron chi connectivity index (χ1n) is 13.0. The van der Waals surface area contributed by atoms with Gasteiger partial charge in [0.05, 0.1) is 23.5 Å². The summed E-state index contributed by atoms with van der Waals surface area (Å²) in [5, 5.41) is 8.10. The first kappa shape index (κ1) is 27.4. The van der Waals surface area contributed by atoms with Crippen molar-refractivity contribution in [3.63, 3.8) is 0 Å². The quantitative estimate of drug-likeness (QED) is 0.512. The Morgan fingerprint density at radius 3 is 2.72 bits per heavy atom. The molecule has 3 heterocycles. The molecule has 0 radical (unpaired) electrons. The van der Waals surface area contributed by atoms with Gasteiger partial charge in [0.15, 0.2) is 10.8 Å². The Morgan fingerprint density at radius 1 is 1.15 bits per heavy atom. The van der Waals surface area contributed by atoms with Crippen LogP contribution in [0.25, 0.3) is 0 Å². The molecule has 0 unspecified atom stereocenters. The van der Waals surface area contributed by atoms with Crippen LogP contribution in [0.4, 0.5) is 10.5 Å². The van der Waals surface area contributed by atoms with Crippen molar-refractivity contribution < 1.29 is 19.2 Å². The largest absolute Gasteiger partial charge is 0.349 e. The molecule has 0 saturated heterocycles. The van der Waals surface area contributed by atoms with Gasteiger partial charge in [0.2, 0.25) is 5.91 Å². The average Bonchev–Trinajstić information content (AvgIpc) is 3.33. The second kappa shape index (κ2) is 11.1. The van der Waals surface area contributed by atoms with E-state index < -0.39 is 18.1 Å². The normalized spacial score (nSPS) is 22.8. The summed E-state index contributed by atoms with van der Waals surface area (Å²) < 4.78 is 0. The van der Waals surface area contributed by atoms with Crippen LogP contribution in [0.3, 0.4) is 0 Å². The van der Waals surface area contributed by atoms with Crippen LogP contribution in [0.1, 0.15) is 50.0 Å². The topological polar surface area (TPSA) is 127 Å². The molecule has 39 heavy (non-hydrogen) atoms. The minimum absolute atomic E-state index is 0.00895. The number of thiazole rings is 1. The number of nitrogens with one attached hydrogen (secondary N) is 3. The molecular weight excluding hydrogens is 542 g/mol. The highest BCUT2D eigenvalue weighted by atomic mass is 35.5. The number of hydrogen-bond donors (Lipinski definition) is 3. The lowest BCUT2D eigenvalue weighted by Crippen LogP contribution is -2.59. The monoisotopic (exact) mass is 573 g/mol. The van der Waals surface area contributed by atoms with Gasteiger partial charge in [-0.2, -0.15) is 0 Å². The molecule has 3 aliphatic rings. The number of nitrogens with zero attached hydrogens (tertiary/aromatic N) is 4. The zero-order valence-corrected chi connectivity index (χ0v) is 23.7. The SMILES string of the molecule is CN1CCc2nc(C(=O)N[C@H]3C[C@@H](C(=O)N(C)C)CC[C@@H]3NC(=O)N3CC(=O)c4cc(Cl)ccc4N3)sc2C1. The molecule has 0 bridgehead atoms. The zero-order valence-electron chi connectivity index (χ0n) is 22.1. The lowest BCUT2D eigenvalue weighted by molar-refractivity contribution is -0.134. The minimum atomic E-state index is -0.488. The number of hydrogen-bond acceptors (Lipinski definition) is 8. The van der Waals surface area contributed by atoms with Gasteiger partial charge in [0.1, 0.15) is 6.54 Å². The maximum absolute atomic E-state index is 13.3. The molecule has 11 nitrogen and oxygen atoms in total. The fraction of sp³-hybridized carbons (Fsp3) is 0.500. The van der Waals surface area contributed by atoms with Crippen molar-refractivity contribution in [3.8, 4) is 0 Å². The molecule has 1 aromatic heterocycles. The number of Topliss-reactive ketones (excluding diaryl/α,β-unsaturated/α-hetero) is 1. The van der Waals surface area contributed by atoms with E-state index in [1.54, 1.807) is 37.2 Å². The van der Waals surface area contributed by atoms with E-state index in [1.807, 2.05) is 7.05 Å². The van der Waals surface area contributed by atoms with Crippen LogP contribution in [-0.2, 0) is 17.8 Å². The second-order valence-electron chi connectivity index (χ2n) is 10.6. The average molecular weight is 574 g/mol. The maximum Gasteiger partial charge on any atom is 0.336 e. The van der Waals surface area contributed by atoms with Gasteiger partial charge in [-0.15, -0.1) is 11.3 Å². The Morgan fingerprint density at radius 2 is 1.95 bits per heavy atom. The molecule has 13 heteroatoms. The summed E-state index contributed by atoms with van der Waals surface area (Å²) in [6, 6.07) is 3.46. The van der Waals surface area contributed by atoms with E-state index in [0.29, 0.717) is 40.5 Å². The van der Waals surface area contributed by atoms with Crippen LogP contribution in [0.2, 0.25) is 5.02 Å². The summed E-state index contributed by atoms with van der Waals surface area (Å²) in [6.07, 6.45) is 2.25. The third-order valence-corrected chi connectivity index (χ3v) is 8.78. The Kier molecular flexibility index (Phi) is 7.79. The summed E-state index contributed by atoms with van der Waals surface area (Å²) >= 11 is 7.41. The number of anilines is 1. The van der Waals surface area contributed by atoms with Crippen LogP contribution < -0.4 is 16.1 Å². The van der Waals surface area contributed by atoms with Gasteiger partial charge < -0.3 is 20.4 Å². The maximum atomic E-state index is 13.3. The van der Waals surface area contributed by atoms with E-state index in [9.17, 15) is 19.2 Å². The molecule has 5 rings (SSSR count). The van der Waals surface area contributed by atoms with E-state index in [-0.39, 0.29) is 30.1 Å². The minimum Gasteiger partial charge on any atom is -0.349 e. The lowest BCUT2D eigenvalue weighted by Gasteiger charge is -2.38. The van der Waals surface area contributed by atoms with Crippen LogP contribution in [0.5, 0.6) is 0 Å². The molecule has 3 N–H and O–H groups in total. The molecule has 1 saturated carbocycles. The number of rotatable bonds is 4. The van der Waals surface area contributed by atoms with Gasteiger partial charge >= 0.3 is 6.03 Å². The number of urea groups is 1. The smallest absolute Gasteiger partial charge is 0.336 e. The Hall–Kier alpha value is -3.22. The molecule has 1 aromatic carbocycles. The number of carbonyl (C=O) groups excluding carboxylic acids is 4. The molecule has 208 valence electrons. The number of hydrazine groups is 1. The summed E-state index contributed by atoms with van der Waals surface area (Å²) in [6.45, 7) is 1.50. The van der Waals surface area contributed by atoms with Gasteiger partial charge in [-0.05, 0) is 44.5 Å². The summed E-state index contributed by atoms with van der Waals surface area (Å²) in [5.41, 5.74) is 4.86. The molecular formula is C26H32ClN7O4S. The highest BCUT2D eigenvalue weighted by Gasteiger charge is 2.38. The van der Waals surface area contributed by atoms with Gasteiger partial charge in [-0.1, -0.05) is 11.6 Å². The van der Waals surface area contributed by atoms with E-state index >= 15 is 0 Å². The van der Waals surface area contributed by atoms with Crippen molar-refractivity contribution in [1.29, 1.82) is 0 Å². The standard InChI is InChI=1S/C26H32ClN7O4S/c1-32(2)25(37)14-4-6-18(30-26(38)34-12-21(35)16-11-15(27)5-7-17(16)31-34)20(10-14)28-23(36)24-29-19-8-9-33(3)13-22(19)39-24/h5,7,11,14,18,20,31H,4,6,8-10,12-13H2,1-3H3,(H,28,36)(H,30,38)/t14-,18-,20-/m0/s1. The van der Waals surface area contributed by atoms with Crippen molar-refractivity contribution in [2.45, 2.75) is 44.3 Å². The van der Waals surface area contributed by atoms with Crippen molar-refractivity contribution in [2.75, 3.05) is 39.7 Å². The predicted molar refractivity (Wildman–Crippen MR) is 148 cm³/mol. The van der Waals surface area contributed by atoms with Crippen LogP contribution in [0, 0.1) is 5.92 Å². The molecule has 4 amide bonds. The molecule has 0 spiro atoms. The Bertz CT molecular complexity index is 1320. The number of carbonyl (C=O) groups is 4. The molecule has 1 aliphatic carbocycles. The molecule has 2 aliphatic heterocycles. The summed E-state index contributed by atoms with van der Waals surface area (Å²) in [4.78, 5) is 61.4. The second-order valence-corrected chi connectivity index (χ2v) is 12.1. The van der Waals surface area contributed by atoms with Gasteiger partial charge in [-0.25, -0.2) is 14.8 Å². The number of aromatic nitrogens is 1. The van der Waals surface area contributed by atoms with E-state index in [0.717, 1.165) is 30.1 Å². The van der Waals surface area contributed by atoms with Crippen molar-refractivity contribution >= 4 is 52.3 Å². The van der Waals surface area contributed by atoms with Gasteiger partial charge in [-0.3, -0.25) is 19.8 Å². The Balaban J connectivity index is 1.30. The van der Waals surface area contributed by atoms with Crippen LogP contribution in [0.15, 0.2) is 18.2 Å². The zero-order chi connectivity index (χ0) is 27.8. The highest BCUT2D eigenvalue weighted by Crippen LogP contribution is 2.29. The van der Waals surface area contributed by atoms with Crippen LogP contribution >= 0.6 is 22.9 Å². The third kappa shape index (κ3) is 5.87. The highest BCUT2D eigenvalue weighted by molar-refractivity contribution is 7.13. The number of amides is 4. The third-order valence-electron chi connectivity index (χ3n) is 7.47. The summed E-state index contributed by atoms with van der Waals surface area (Å²) in [5.74, 6) is -0.825. The number of fused-ring (bicyclic) bond motifs is 2. The fourth-order valence-corrected chi connectivity index (χ4v) is 6.62. The van der Waals surface area contributed by atoms with E-state index in [4.69, 9.17) is 11.6 Å². The first-order valence-corrected chi connectivity index (χ1v) is 14.1. The van der Waals surface area contributed by atoms with Crippen molar-refractivity contribution in [2.24, 2.45) is 5.92 Å². The number of benzene rings is 1. The van der Waals surface area contributed by atoms with Crippen LogP contribution in [-0.4, -0.2) is 89.7 Å². The van der Waals surface area contributed by atoms with Crippen molar-refractivity contribution in [3.05, 3.63) is 44.4 Å². The van der Waals surface area contributed by atoms with Crippen molar-refractivity contribution in [1.82, 2.24) is 30.4 Å².